The van der Waals surface area contributed by atoms with Crippen molar-refractivity contribution in [2.24, 2.45) is 0 Å². The number of aromatic nitrogens is 3. The zero-order valence-corrected chi connectivity index (χ0v) is 18.5. The van der Waals surface area contributed by atoms with E-state index in [2.05, 4.69) is 10.00 Å². The number of sulfonamides is 1. The van der Waals surface area contributed by atoms with Crippen LogP contribution in [0, 0.1) is 0 Å². The maximum atomic E-state index is 13.3. The number of fused-ring (bicyclic) bond motifs is 2. The van der Waals surface area contributed by atoms with Crippen molar-refractivity contribution >= 4 is 15.7 Å². The molecule has 0 bridgehead atoms. The van der Waals surface area contributed by atoms with Crippen molar-refractivity contribution in [3.63, 3.8) is 0 Å². The van der Waals surface area contributed by atoms with E-state index >= 15 is 0 Å². The van der Waals surface area contributed by atoms with Gasteiger partial charge in [0, 0.05) is 56.3 Å². The van der Waals surface area contributed by atoms with Crippen LogP contribution in [0.4, 0.5) is 0 Å². The molecule has 0 radical (unpaired) electrons. The lowest BCUT2D eigenvalue weighted by atomic mass is 9.96. The minimum atomic E-state index is -3.20. The van der Waals surface area contributed by atoms with Crippen molar-refractivity contribution in [1.29, 1.82) is 0 Å². The minimum Gasteiger partial charge on any atom is -0.295 e. The van der Waals surface area contributed by atoms with Crippen LogP contribution in [0.3, 0.4) is 0 Å². The second-order valence-electron chi connectivity index (χ2n) is 9.00. The van der Waals surface area contributed by atoms with Crippen LogP contribution in [0.1, 0.15) is 68.3 Å². The molecule has 0 aromatic carbocycles. The van der Waals surface area contributed by atoms with Crippen LogP contribution in [0.25, 0.3) is 5.65 Å². The summed E-state index contributed by atoms with van der Waals surface area (Å²) in [5.41, 5.74) is 3.30. The molecule has 1 atom stereocenters. The molecular formula is C21H31N5O3S. The number of rotatable bonds is 4. The Morgan fingerprint density at radius 2 is 1.97 bits per heavy atom. The number of aromatic amines is 1. The largest absolute Gasteiger partial charge is 0.295 e. The Morgan fingerprint density at radius 3 is 2.73 bits per heavy atom. The molecule has 30 heavy (non-hydrogen) atoms. The van der Waals surface area contributed by atoms with E-state index in [-0.39, 0.29) is 17.2 Å². The lowest BCUT2D eigenvalue weighted by Crippen LogP contribution is -2.41. The molecule has 0 spiro atoms. The number of nitrogens with zero attached hydrogens (tertiary/aromatic N) is 4. The molecule has 1 saturated heterocycles. The van der Waals surface area contributed by atoms with Crippen LogP contribution in [0.2, 0.25) is 0 Å². The Bertz CT molecular complexity index is 1100. The molecule has 1 aliphatic carbocycles. The molecule has 9 heteroatoms. The van der Waals surface area contributed by atoms with E-state index in [1.54, 1.807) is 15.7 Å². The van der Waals surface area contributed by atoms with Crippen LogP contribution in [-0.4, -0.2) is 63.6 Å². The summed E-state index contributed by atoms with van der Waals surface area (Å²) >= 11 is 0. The fourth-order valence-electron chi connectivity index (χ4n) is 5.44. The molecule has 1 saturated carbocycles. The molecule has 2 aromatic rings. The molecule has 2 aromatic heterocycles. The molecule has 3 aliphatic rings. The van der Waals surface area contributed by atoms with E-state index in [0.29, 0.717) is 31.3 Å². The van der Waals surface area contributed by atoms with Gasteiger partial charge in [0.25, 0.3) is 5.56 Å². The minimum absolute atomic E-state index is 0.00204. The summed E-state index contributed by atoms with van der Waals surface area (Å²) in [6, 6.07) is 2.55. The van der Waals surface area contributed by atoms with E-state index in [9.17, 15) is 13.2 Å². The van der Waals surface area contributed by atoms with Crippen LogP contribution < -0.4 is 5.56 Å². The van der Waals surface area contributed by atoms with Gasteiger partial charge in [0.05, 0.1) is 17.0 Å². The predicted molar refractivity (Wildman–Crippen MR) is 115 cm³/mol. The lowest BCUT2D eigenvalue weighted by Gasteiger charge is -2.32. The SMILES string of the molecule is CCS(=O)(=O)N1CCC[C@@H](c2cc3nc4c(c(=O)n3[nH]2)CN(C2CCCC2)CC4)C1. The van der Waals surface area contributed by atoms with Gasteiger partial charge in [-0.15, -0.1) is 0 Å². The summed E-state index contributed by atoms with van der Waals surface area (Å²) < 4.78 is 27.8. The average molecular weight is 434 g/mol. The van der Waals surface area contributed by atoms with Crippen LogP contribution >= 0.6 is 0 Å². The summed E-state index contributed by atoms with van der Waals surface area (Å²) in [6.07, 6.45) is 7.60. The summed E-state index contributed by atoms with van der Waals surface area (Å²) in [4.78, 5) is 20.5. The highest BCUT2D eigenvalue weighted by molar-refractivity contribution is 7.89. The van der Waals surface area contributed by atoms with Gasteiger partial charge in [0.1, 0.15) is 0 Å². The third-order valence-corrected chi connectivity index (χ3v) is 9.08. The van der Waals surface area contributed by atoms with Crippen LogP contribution in [0.15, 0.2) is 10.9 Å². The molecule has 0 amide bonds. The van der Waals surface area contributed by atoms with E-state index in [4.69, 9.17) is 4.98 Å². The third-order valence-electron chi connectivity index (χ3n) is 7.23. The molecule has 2 aliphatic heterocycles. The van der Waals surface area contributed by atoms with Gasteiger partial charge >= 0.3 is 0 Å². The molecule has 0 unspecified atom stereocenters. The van der Waals surface area contributed by atoms with Crippen LogP contribution in [-0.2, 0) is 23.0 Å². The summed E-state index contributed by atoms with van der Waals surface area (Å²) in [6.45, 7) is 4.40. The molecule has 8 nitrogen and oxygen atoms in total. The number of H-pyrrole nitrogens is 1. The van der Waals surface area contributed by atoms with Crippen molar-refractivity contribution in [2.75, 3.05) is 25.4 Å². The first kappa shape index (κ1) is 20.2. The molecule has 5 rings (SSSR count). The highest BCUT2D eigenvalue weighted by Crippen LogP contribution is 2.29. The molecule has 4 heterocycles. The number of hydrogen-bond acceptors (Lipinski definition) is 5. The Labute approximate surface area is 177 Å². The van der Waals surface area contributed by atoms with E-state index in [1.807, 2.05) is 6.07 Å². The van der Waals surface area contributed by atoms with Gasteiger partial charge in [-0.1, -0.05) is 12.8 Å². The number of piperidine rings is 1. The maximum absolute atomic E-state index is 13.3. The summed E-state index contributed by atoms with van der Waals surface area (Å²) in [7, 11) is -3.20. The number of hydrogen-bond donors (Lipinski definition) is 1. The fraction of sp³-hybridized carbons (Fsp3) is 0.714. The van der Waals surface area contributed by atoms with E-state index in [0.717, 1.165) is 42.8 Å². The van der Waals surface area contributed by atoms with Crippen molar-refractivity contribution in [1.82, 2.24) is 23.8 Å². The summed E-state index contributed by atoms with van der Waals surface area (Å²) in [5.74, 6) is 0.186. The number of nitrogens with one attached hydrogen (secondary N) is 1. The second-order valence-corrected chi connectivity index (χ2v) is 11.3. The van der Waals surface area contributed by atoms with Gasteiger partial charge in [0.2, 0.25) is 10.0 Å². The molecule has 1 N–H and O–H groups in total. The first-order chi connectivity index (χ1) is 14.5. The Morgan fingerprint density at radius 1 is 1.17 bits per heavy atom. The zero-order chi connectivity index (χ0) is 20.9. The molecule has 164 valence electrons. The van der Waals surface area contributed by atoms with Crippen LogP contribution in [0.5, 0.6) is 0 Å². The van der Waals surface area contributed by atoms with Gasteiger partial charge in [-0.05, 0) is 32.6 Å². The smallest absolute Gasteiger partial charge is 0.277 e. The van der Waals surface area contributed by atoms with E-state index < -0.39 is 10.0 Å². The average Bonchev–Trinajstić information content (AvgIpc) is 3.44. The maximum Gasteiger partial charge on any atom is 0.277 e. The van der Waals surface area contributed by atoms with Crippen molar-refractivity contribution in [3.05, 3.63) is 33.4 Å². The second kappa shape index (κ2) is 7.76. The third kappa shape index (κ3) is 3.50. The monoisotopic (exact) mass is 433 g/mol. The standard InChI is InChI=1S/C21H31N5O3S/c1-2-30(28,29)25-10-5-6-15(13-25)19-12-20-22-18-9-11-24(16-7-3-4-8-16)14-17(18)21(27)26(20)23-19/h12,15-16,23H,2-11,13-14H2,1H3/t15-/m1/s1. The van der Waals surface area contributed by atoms with Gasteiger partial charge in [-0.25, -0.2) is 22.2 Å². The Hall–Kier alpha value is -1.71. The zero-order valence-electron chi connectivity index (χ0n) is 17.6. The topological polar surface area (TPSA) is 90.8 Å². The van der Waals surface area contributed by atoms with Crippen molar-refractivity contribution < 1.29 is 8.42 Å². The highest BCUT2D eigenvalue weighted by Gasteiger charge is 2.31. The van der Waals surface area contributed by atoms with Gasteiger partial charge in [-0.2, -0.15) is 0 Å². The fourth-order valence-corrected chi connectivity index (χ4v) is 6.62. The quantitative estimate of drug-likeness (QED) is 0.795. The first-order valence-electron chi connectivity index (χ1n) is 11.3. The summed E-state index contributed by atoms with van der Waals surface area (Å²) in [5, 5.41) is 3.26. The van der Waals surface area contributed by atoms with Crippen molar-refractivity contribution in [3.8, 4) is 0 Å². The normalized spacial score (nSPS) is 24.5. The molecular weight excluding hydrogens is 402 g/mol. The van der Waals surface area contributed by atoms with Gasteiger partial charge < -0.3 is 0 Å². The Balaban J connectivity index is 1.44. The highest BCUT2D eigenvalue weighted by atomic mass is 32.2. The molecule has 2 fully saturated rings. The Kier molecular flexibility index (Phi) is 5.23. The van der Waals surface area contributed by atoms with Gasteiger partial charge in [0.15, 0.2) is 5.65 Å². The van der Waals surface area contributed by atoms with Crippen molar-refractivity contribution in [2.45, 2.75) is 70.4 Å². The van der Waals surface area contributed by atoms with E-state index in [1.165, 1.54) is 25.7 Å². The first-order valence-corrected chi connectivity index (χ1v) is 12.9. The van der Waals surface area contributed by atoms with Gasteiger partial charge in [-0.3, -0.25) is 14.8 Å². The lowest BCUT2D eigenvalue weighted by molar-refractivity contribution is 0.178. The predicted octanol–water partition coefficient (Wildman–Crippen LogP) is 1.85.